The molecule has 0 aromatic carbocycles. The molecule has 0 aromatic rings. The normalized spacial score (nSPS) is 27.3. The number of hydrogen-bond donors (Lipinski definition) is 1. The molecule has 2 heterocycles. The number of likely N-dealkylation sites (tertiary alicyclic amines) is 1. The van der Waals surface area contributed by atoms with Gasteiger partial charge >= 0.3 is 0 Å². The SMILES string of the molecule is CCN1CCC(C#N)(N2CCCNCC2)CC1. The summed E-state index contributed by atoms with van der Waals surface area (Å²) in [5.74, 6) is 0. The van der Waals surface area contributed by atoms with Crippen LogP contribution in [0.3, 0.4) is 0 Å². The molecule has 0 spiro atoms. The van der Waals surface area contributed by atoms with Gasteiger partial charge in [0.05, 0.1) is 6.07 Å². The van der Waals surface area contributed by atoms with E-state index in [2.05, 4.69) is 28.1 Å². The zero-order valence-corrected chi connectivity index (χ0v) is 10.9. The highest BCUT2D eigenvalue weighted by Gasteiger charge is 2.39. The Morgan fingerprint density at radius 1 is 1.18 bits per heavy atom. The Kier molecular flexibility index (Phi) is 4.38. The minimum Gasteiger partial charge on any atom is -0.315 e. The number of rotatable bonds is 2. The zero-order valence-electron chi connectivity index (χ0n) is 10.9. The molecule has 96 valence electrons. The van der Waals surface area contributed by atoms with E-state index in [1.54, 1.807) is 0 Å². The number of nitrogens with zero attached hydrogens (tertiary/aromatic N) is 3. The van der Waals surface area contributed by atoms with Crippen LogP contribution >= 0.6 is 0 Å². The Morgan fingerprint density at radius 2 is 1.94 bits per heavy atom. The smallest absolute Gasteiger partial charge is 0.111 e. The van der Waals surface area contributed by atoms with Crippen molar-refractivity contribution in [2.45, 2.75) is 31.7 Å². The van der Waals surface area contributed by atoms with Crippen molar-refractivity contribution in [3.8, 4) is 6.07 Å². The van der Waals surface area contributed by atoms with Crippen molar-refractivity contribution in [2.75, 3.05) is 45.8 Å². The summed E-state index contributed by atoms with van der Waals surface area (Å²) >= 11 is 0. The van der Waals surface area contributed by atoms with Gasteiger partial charge in [-0.1, -0.05) is 6.92 Å². The van der Waals surface area contributed by atoms with Gasteiger partial charge in [0.2, 0.25) is 0 Å². The topological polar surface area (TPSA) is 42.3 Å². The average Bonchev–Trinajstić information content (AvgIpc) is 2.68. The van der Waals surface area contributed by atoms with Crippen LogP contribution in [-0.4, -0.2) is 61.2 Å². The fourth-order valence-corrected chi connectivity index (χ4v) is 3.01. The molecular weight excluding hydrogens is 212 g/mol. The van der Waals surface area contributed by atoms with Gasteiger partial charge in [-0.3, -0.25) is 4.90 Å². The molecule has 2 rings (SSSR count). The molecule has 1 N–H and O–H groups in total. The second kappa shape index (κ2) is 5.81. The summed E-state index contributed by atoms with van der Waals surface area (Å²) in [5, 5.41) is 13.0. The first kappa shape index (κ1) is 12.8. The van der Waals surface area contributed by atoms with Gasteiger partial charge in [-0.2, -0.15) is 5.26 Å². The first-order valence-corrected chi connectivity index (χ1v) is 6.90. The summed E-state index contributed by atoms with van der Waals surface area (Å²) < 4.78 is 0. The molecule has 0 saturated carbocycles. The van der Waals surface area contributed by atoms with Crippen molar-refractivity contribution in [1.82, 2.24) is 15.1 Å². The summed E-state index contributed by atoms with van der Waals surface area (Å²) in [7, 11) is 0. The van der Waals surface area contributed by atoms with Crippen molar-refractivity contribution in [3.63, 3.8) is 0 Å². The lowest BCUT2D eigenvalue weighted by atomic mass is 9.86. The molecule has 0 bridgehead atoms. The molecule has 4 nitrogen and oxygen atoms in total. The average molecular weight is 236 g/mol. The first-order valence-electron chi connectivity index (χ1n) is 6.90. The summed E-state index contributed by atoms with van der Waals surface area (Å²) in [6, 6.07) is 2.63. The van der Waals surface area contributed by atoms with Crippen molar-refractivity contribution in [1.29, 1.82) is 5.26 Å². The molecule has 2 aliphatic rings. The monoisotopic (exact) mass is 236 g/mol. The maximum Gasteiger partial charge on any atom is 0.111 e. The third-order valence-electron chi connectivity index (χ3n) is 4.28. The van der Waals surface area contributed by atoms with Crippen LogP contribution in [0.1, 0.15) is 26.2 Å². The molecule has 0 aromatic heterocycles. The number of nitrogens with one attached hydrogen (secondary N) is 1. The van der Waals surface area contributed by atoms with Crippen molar-refractivity contribution >= 4 is 0 Å². The molecule has 17 heavy (non-hydrogen) atoms. The highest BCUT2D eigenvalue weighted by Crippen LogP contribution is 2.28. The Hall–Kier alpha value is -0.630. The van der Waals surface area contributed by atoms with Crippen LogP contribution < -0.4 is 5.32 Å². The van der Waals surface area contributed by atoms with E-state index in [1.165, 1.54) is 6.42 Å². The van der Waals surface area contributed by atoms with Crippen LogP contribution in [0.4, 0.5) is 0 Å². The summed E-state index contributed by atoms with van der Waals surface area (Å²) in [6.45, 7) is 9.70. The Bertz CT molecular complexity index is 268. The summed E-state index contributed by atoms with van der Waals surface area (Å²) in [4.78, 5) is 4.88. The van der Waals surface area contributed by atoms with Gasteiger partial charge in [-0.15, -0.1) is 0 Å². The van der Waals surface area contributed by atoms with Crippen molar-refractivity contribution in [3.05, 3.63) is 0 Å². The summed E-state index contributed by atoms with van der Waals surface area (Å²) in [5.41, 5.74) is -0.183. The molecule has 2 saturated heterocycles. The second-order valence-electron chi connectivity index (χ2n) is 5.17. The van der Waals surface area contributed by atoms with Gasteiger partial charge < -0.3 is 10.2 Å². The molecule has 0 amide bonds. The van der Waals surface area contributed by atoms with E-state index in [1.807, 2.05) is 0 Å². The molecule has 4 heteroatoms. The third-order valence-corrected chi connectivity index (χ3v) is 4.28. The molecule has 2 aliphatic heterocycles. The number of nitriles is 1. The van der Waals surface area contributed by atoms with E-state index in [-0.39, 0.29) is 5.54 Å². The highest BCUT2D eigenvalue weighted by atomic mass is 15.2. The third kappa shape index (κ3) is 2.79. The lowest BCUT2D eigenvalue weighted by Gasteiger charge is -2.43. The quantitative estimate of drug-likeness (QED) is 0.765. The van der Waals surface area contributed by atoms with Gasteiger partial charge in [0, 0.05) is 32.7 Å². The van der Waals surface area contributed by atoms with E-state index in [9.17, 15) is 5.26 Å². The molecule has 0 unspecified atom stereocenters. The van der Waals surface area contributed by atoms with Crippen LogP contribution in [0.2, 0.25) is 0 Å². The number of piperidine rings is 1. The first-order chi connectivity index (χ1) is 8.30. The van der Waals surface area contributed by atoms with Gasteiger partial charge in [-0.05, 0) is 32.4 Å². The van der Waals surface area contributed by atoms with E-state index in [0.717, 1.165) is 58.7 Å². The Balaban J connectivity index is 2.01. The molecule has 0 radical (unpaired) electrons. The van der Waals surface area contributed by atoms with Crippen LogP contribution in [0, 0.1) is 11.3 Å². The second-order valence-corrected chi connectivity index (χ2v) is 5.17. The Labute approximate surface area is 105 Å². The van der Waals surface area contributed by atoms with Gasteiger partial charge in [0.1, 0.15) is 5.54 Å². The van der Waals surface area contributed by atoms with Crippen LogP contribution in [0.5, 0.6) is 0 Å². The van der Waals surface area contributed by atoms with Gasteiger partial charge in [0.15, 0.2) is 0 Å². The predicted octanol–water partition coefficient (Wildman–Crippen LogP) is 0.660. The van der Waals surface area contributed by atoms with Gasteiger partial charge in [-0.25, -0.2) is 0 Å². The van der Waals surface area contributed by atoms with E-state index >= 15 is 0 Å². The molecular formula is C13H24N4. The van der Waals surface area contributed by atoms with Crippen LogP contribution in [0.25, 0.3) is 0 Å². The largest absolute Gasteiger partial charge is 0.315 e. The highest BCUT2D eigenvalue weighted by molar-refractivity contribution is 5.11. The van der Waals surface area contributed by atoms with Gasteiger partial charge in [0.25, 0.3) is 0 Å². The minimum absolute atomic E-state index is 0.183. The zero-order chi connectivity index (χ0) is 12.1. The maximum atomic E-state index is 9.61. The van der Waals surface area contributed by atoms with Crippen molar-refractivity contribution < 1.29 is 0 Å². The number of hydrogen-bond acceptors (Lipinski definition) is 4. The summed E-state index contributed by atoms with van der Waals surface area (Å²) in [6.07, 6.45) is 3.19. The standard InChI is InChI=1S/C13H24N4/c1-2-16-9-4-13(12-14,5-10-16)17-8-3-6-15-7-11-17/h15H,2-11H2,1H3. The lowest BCUT2D eigenvalue weighted by molar-refractivity contribution is 0.0675. The van der Waals surface area contributed by atoms with Crippen LogP contribution in [-0.2, 0) is 0 Å². The van der Waals surface area contributed by atoms with Crippen LogP contribution in [0.15, 0.2) is 0 Å². The van der Waals surface area contributed by atoms with Crippen molar-refractivity contribution in [2.24, 2.45) is 0 Å². The van der Waals surface area contributed by atoms with E-state index in [0.29, 0.717) is 0 Å². The predicted molar refractivity (Wildman–Crippen MR) is 68.8 cm³/mol. The molecule has 0 atom stereocenters. The minimum atomic E-state index is -0.183. The fraction of sp³-hybridized carbons (Fsp3) is 0.923. The molecule has 0 aliphatic carbocycles. The van der Waals surface area contributed by atoms with E-state index in [4.69, 9.17) is 0 Å². The fourth-order valence-electron chi connectivity index (χ4n) is 3.01. The van der Waals surface area contributed by atoms with E-state index < -0.39 is 0 Å². The molecule has 2 fully saturated rings. The lowest BCUT2D eigenvalue weighted by Crippen LogP contribution is -2.55. The maximum absolute atomic E-state index is 9.61. The Morgan fingerprint density at radius 3 is 2.59 bits per heavy atom.